The molecule has 0 aromatic heterocycles. The summed E-state index contributed by atoms with van der Waals surface area (Å²) in [6, 6.07) is 13.9. The van der Waals surface area contributed by atoms with E-state index >= 15 is 0 Å². The highest BCUT2D eigenvalue weighted by molar-refractivity contribution is 7.99. The molecule has 1 saturated heterocycles. The number of amides is 2. The molecule has 0 spiro atoms. The summed E-state index contributed by atoms with van der Waals surface area (Å²) < 4.78 is 25.9. The van der Waals surface area contributed by atoms with Crippen molar-refractivity contribution in [2.24, 2.45) is 11.8 Å². The standard InChI is InChI=1S/C32H45N3O4S.CH4O3S/c1-21-25(15-10-16-28(21)36)30(38)33-26(20-40-24-13-6-5-7-14-24)29(37)19-35-18-23-12-9-8-11-22(23)17-27(35)31(39)34-32(2,3)4;1-5(2,3)4/h5-7,10,13-16,22-23,26-27,29,36-37H,8-9,11-12,17-20H2,1-4H3,(H,33,38)(H,34,39);1H3,(H,2,3,4)/t22-,23+,26+,27-,29-;/m1./s1. The molecule has 5 N–H and O–H groups in total. The lowest BCUT2D eigenvalue weighted by atomic mass is 9.72. The molecule has 2 aliphatic rings. The van der Waals surface area contributed by atoms with Crippen molar-refractivity contribution in [3.8, 4) is 5.75 Å². The highest BCUT2D eigenvalue weighted by atomic mass is 32.2. The van der Waals surface area contributed by atoms with E-state index in [-0.39, 0.29) is 29.1 Å². The lowest BCUT2D eigenvalue weighted by Crippen LogP contribution is -2.60. The summed E-state index contributed by atoms with van der Waals surface area (Å²) in [5.41, 5.74) is 0.543. The van der Waals surface area contributed by atoms with Crippen LogP contribution in [0.5, 0.6) is 5.75 Å². The van der Waals surface area contributed by atoms with Crippen molar-refractivity contribution < 1.29 is 32.8 Å². The average molecular weight is 664 g/mol. The molecule has 2 aromatic rings. The summed E-state index contributed by atoms with van der Waals surface area (Å²) in [6.45, 7) is 8.76. The molecule has 250 valence electrons. The van der Waals surface area contributed by atoms with Crippen molar-refractivity contribution in [3.63, 3.8) is 0 Å². The maximum atomic E-state index is 13.5. The number of hydrogen-bond donors (Lipinski definition) is 5. The lowest BCUT2D eigenvalue weighted by molar-refractivity contribution is -0.132. The average Bonchev–Trinajstić information content (AvgIpc) is 2.95. The Morgan fingerprint density at radius 3 is 2.29 bits per heavy atom. The summed E-state index contributed by atoms with van der Waals surface area (Å²) in [5, 5.41) is 28.0. The van der Waals surface area contributed by atoms with Gasteiger partial charge in [0.1, 0.15) is 5.75 Å². The largest absolute Gasteiger partial charge is 0.508 e. The number of benzene rings is 2. The number of nitrogens with one attached hydrogen (secondary N) is 2. The molecule has 0 unspecified atom stereocenters. The zero-order valence-corrected chi connectivity index (χ0v) is 28.5. The number of thioether (sulfide) groups is 1. The molecule has 0 bridgehead atoms. The molecular formula is C33H49N3O7S2. The zero-order valence-electron chi connectivity index (χ0n) is 26.9. The van der Waals surface area contributed by atoms with E-state index in [0.29, 0.717) is 41.5 Å². The Balaban J connectivity index is 0.00000102. The molecule has 0 radical (unpaired) electrons. The second-order valence-corrected chi connectivity index (χ2v) is 15.8. The highest BCUT2D eigenvalue weighted by Crippen LogP contribution is 2.39. The number of likely N-dealkylation sites (tertiary alicyclic amines) is 1. The maximum absolute atomic E-state index is 13.5. The number of carbonyl (C=O) groups excluding carboxylic acids is 2. The van der Waals surface area contributed by atoms with Gasteiger partial charge in [-0.15, -0.1) is 11.8 Å². The third-order valence-corrected chi connectivity index (χ3v) is 9.36. The Bertz CT molecular complexity index is 1370. The van der Waals surface area contributed by atoms with Gasteiger partial charge in [-0.25, -0.2) is 0 Å². The minimum Gasteiger partial charge on any atom is -0.508 e. The van der Waals surface area contributed by atoms with Gasteiger partial charge < -0.3 is 20.8 Å². The normalized spacial score (nSPS) is 21.8. The van der Waals surface area contributed by atoms with E-state index in [1.807, 2.05) is 51.1 Å². The van der Waals surface area contributed by atoms with Crippen LogP contribution in [-0.2, 0) is 14.9 Å². The fourth-order valence-electron chi connectivity index (χ4n) is 6.06. The van der Waals surface area contributed by atoms with Gasteiger partial charge in [-0.05, 0) is 76.6 Å². The number of hydrogen-bond acceptors (Lipinski definition) is 8. The quantitative estimate of drug-likeness (QED) is 0.196. The first-order chi connectivity index (χ1) is 21.0. The minimum absolute atomic E-state index is 0.0124. The second-order valence-electron chi connectivity index (χ2n) is 13.2. The van der Waals surface area contributed by atoms with Crippen molar-refractivity contribution >= 4 is 33.7 Å². The predicted molar refractivity (Wildman–Crippen MR) is 178 cm³/mol. The van der Waals surface area contributed by atoms with Gasteiger partial charge in [-0.2, -0.15) is 8.42 Å². The number of rotatable bonds is 9. The minimum atomic E-state index is -3.67. The summed E-state index contributed by atoms with van der Waals surface area (Å²) in [7, 11) is -3.67. The molecular weight excluding hydrogens is 615 g/mol. The molecule has 2 amide bonds. The van der Waals surface area contributed by atoms with Gasteiger partial charge in [0.15, 0.2) is 0 Å². The Morgan fingerprint density at radius 2 is 1.67 bits per heavy atom. The van der Waals surface area contributed by atoms with Crippen molar-refractivity contribution in [3.05, 3.63) is 59.7 Å². The lowest BCUT2D eigenvalue weighted by Gasteiger charge is -2.47. The van der Waals surface area contributed by atoms with Crippen LogP contribution in [0.15, 0.2) is 53.4 Å². The number of carbonyl (C=O) groups is 2. The number of aliphatic hydroxyl groups excluding tert-OH is 1. The van der Waals surface area contributed by atoms with E-state index in [0.717, 1.165) is 30.7 Å². The maximum Gasteiger partial charge on any atom is 0.261 e. The van der Waals surface area contributed by atoms with Crippen molar-refractivity contribution in [2.45, 2.75) is 88.4 Å². The zero-order chi connectivity index (χ0) is 33.4. The Kier molecular flexibility index (Phi) is 13.3. The molecule has 12 heteroatoms. The first kappa shape index (κ1) is 36.8. The van der Waals surface area contributed by atoms with Crippen LogP contribution in [0.4, 0.5) is 0 Å². The molecule has 1 aliphatic carbocycles. The van der Waals surface area contributed by atoms with E-state index in [1.54, 1.807) is 36.9 Å². The number of phenolic OH excluding ortho intramolecular Hbond substituents is 1. The van der Waals surface area contributed by atoms with Gasteiger partial charge in [-0.1, -0.05) is 43.5 Å². The number of phenols is 1. The summed E-state index contributed by atoms with van der Waals surface area (Å²) in [4.78, 5) is 30.0. The van der Waals surface area contributed by atoms with E-state index < -0.39 is 22.3 Å². The Hall–Kier alpha value is -2.64. The van der Waals surface area contributed by atoms with Crippen LogP contribution in [0, 0.1) is 18.8 Å². The van der Waals surface area contributed by atoms with Crippen molar-refractivity contribution in [2.75, 3.05) is 25.1 Å². The number of nitrogens with zero attached hydrogens (tertiary/aromatic N) is 1. The molecule has 2 aromatic carbocycles. The van der Waals surface area contributed by atoms with Gasteiger partial charge in [0.25, 0.3) is 16.0 Å². The van der Waals surface area contributed by atoms with E-state index in [4.69, 9.17) is 4.55 Å². The van der Waals surface area contributed by atoms with Gasteiger partial charge in [-0.3, -0.25) is 19.0 Å². The van der Waals surface area contributed by atoms with E-state index in [2.05, 4.69) is 15.5 Å². The first-order valence-electron chi connectivity index (χ1n) is 15.5. The molecule has 10 nitrogen and oxygen atoms in total. The fourth-order valence-corrected chi connectivity index (χ4v) is 7.09. The van der Waals surface area contributed by atoms with Crippen molar-refractivity contribution in [1.82, 2.24) is 15.5 Å². The SMILES string of the molecule is CS(=O)(=O)O.Cc1c(O)cccc1C(=O)N[C@@H](CSc1ccccc1)[C@H](O)CN1C[C@@H]2CCCC[C@@H]2C[C@@H]1C(=O)NC(C)(C)C. The van der Waals surface area contributed by atoms with Crippen LogP contribution in [0.25, 0.3) is 0 Å². The molecule has 2 fully saturated rings. The number of piperidine rings is 1. The van der Waals surface area contributed by atoms with Crippen LogP contribution in [0.1, 0.15) is 68.8 Å². The van der Waals surface area contributed by atoms with Crippen LogP contribution in [-0.4, -0.2) is 88.7 Å². The number of aliphatic hydroxyl groups is 1. The number of β-amino-alcohol motifs (C(OH)–C–C–N with tert-alkyl or cyclic N) is 1. The predicted octanol–water partition coefficient (Wildman–Crippen LogP) is 4.25. The van der Waals surface area contributed by atoms with Crippen LogP contribution in [0.3, 0.4) is 0 Å². The topological polar surface area (TPSA) is 156 Å². The van der Waals surface area contributed by atoms with Crippen LogP contribution >= 0.6 is 11.8 Å². The number of fused-ring (bicyclic) bond motifs is 1. The van der Waals surface area contributed by atoms with Gasteiger partial charge >= 0.3 is 0 Å². The molecule has 1 aliphatic heterocycles. The van der Waals surface area contributed by atoms with Gasteiger partial charge in [0, 0.05) is 40.4 Å². The molecule has 1 heterocycles. The molecule has 1 saturated carbocycles. The molecule has 45 heavy (non-hydrogen) atoms. The molecule has 4 rings (SSSR count). The smallest absolute Gasteiger partial charge is 0.261 e. The van der Waals surface area contributed by atoms with Crippen molar-refractivity contribution in [1.29, 1.82) is 0 Å². The fraction of sp³-hybridized carbons (Fsp3) is 0.576. The van der Waals surface area contributed by atoms with Crippen LogP contribution < -0.4 is 10.6 Å². The number of aromatic hydroxyl groups is 1. The first-order valence-corrected chi connectivity index (χ1v) is 18.3. The van der Waals surface area contributed by atoms with E-state index in [9.17, 15) is 28.2 Å². The highest BCUT2D eigenvalue weighted by Gasteiger charge is 2.41. The summed E-state index contributed by atoms with van der Waals surface area (Å²) >= 11 is 1.57. The Labute approximate surface area is 272 Å². The van der Waals surface area contributed by atoms with Gasteiger partial charge in [0.2, 0.25) is 5.91 Å². The molecule has 5 atom stereocenters. The third kappa shape index (κ3) is 12.2. The third-order valence-electron chi connectivity index (χ3n) is 8.23. The summed E-state index contributed by atoms with van der Waals surface area (Å²) in [5.74, 6) is 1.27. The summed E-state index contributed by atoms with van der Waals surface area (Å²) in [6.07, 6.45) is 5.39. The van der Waals surface area contributed by atoms with E-state index in [1.165, 1.54) is 12.8 Å². The second kappa shape index (κ2) is 16.3. The Morgan fingerprint density at radius 1 is 1.04 bits per heavy atom. The van der Waals surface area contributed by atoms with Gasteiger partial charge in [0.05, 0.1) is 24.4 Å². The van der Waals surface area contributed by atoms with Crippen LogP contribution in [0.2, 0.25) is 0 Å². The monoisotopic (exact) mass is 663 g/mol.